The van der Waals surface area contributed by atoms with Gasteiger partial charge in [0.25, 0.3) is 0 Å². The average molecular weight is 323 g/mol. The zero-order valence-corrected chi connectivity index (χ0v) is 12.1. The molecule has 0 spiro atoms. The fourth-order valence-electron chi connectivity index (χ4n) is 1.65. The molecule has 0 aliphatic carbocycles. The van der Waals surface area contributed by atoms with Crippen LogP contribution in [-0.2, 0) is 6.61 Å². The Kier molecular flexibility index (Phi) is 4.58. The Morgan fingerprint density at radius 2 is 1.84 bits per heavy atom. The van der Waals surface area contributed by atoms with Crippen LogP contribution in [0.5, 0.6) is 11.5 Å². The number of aliphatic hydroxyl groups excluding tert-OH is 2. The van der Waals surface area contributed by atoms with Crippen LogP contribution < -0.4 is 4.74 Å². The molecule has 2 aromatic carbocycles. The van der Waals surface area contributed by atoms with Gasteiger partial charge in [-0.3, -0.25) is 0 Å². The van der Waals surface area contributed by atoms with Gasteiger partial charge in [-0.2, -0.15) is 0 Å². The van der Waals surface area contributed by atoms with Gasteiger partial charge in [-0.1, -0.05) is 18.2 Å². The van der Waals surface area contributed by atoms with Crippen LogP contribution in [-0.4, -0.2) is 10.2 Å². The lowest BCUT2D eigenvalue weighted by atomic mass is 10.1. The molecule has 0 heterocycles. The molecule has 0 aliphatic heterocycles. The van der Waals surface area contributed by atoms with E-state index in [1.807, 2.05) is 30.3 Å². The predicted octanol–water partition coefficient (Wildman–Crippen LogP) is 3.79. The van der Waals surface area contributed by atoms with Gasteiger partial charge in [0.15, 0.2) is 0 Å². The van der Waals surface area contributed by atoms with Crippen LogP contribution in [0.2, 0.25) is 0 Å². The second kappa shape index (κ2) is 6.19. The second-order valence-electron chi connectivity index (χ2n) is 4.27. The lowest BCUT2D eigenvalue weighted by Gasteiger charge is -2.11. The molecule has 0 aromatic heterocycles. The number of ether oxygens (including phenoxy) is 1. The van der Waals surface area contributed by atoms with E-state index in [0.29, 0.717) is 11.5 Å². The van der Waals surface area contributed by atoms with Crippen LogP contribution in [0.15, 0.2) is 46.9 Å². The lowest BCUT2D eigenvalue weighted by Crippen LogP contribution is -1.92. The van der Waals surface area contributed by atoms with Gasteiger partial charge in [0.05, 0.1) is 17.2 Å². The molecule has 100 valence electrons. The zero-order valence-electron chi connectivity index (χ0n) is 10.5. The predicted molar refractivity (Wildman–Crippen MR) is 77.2 cm³/mol. The van der Waals surface area contributed by atoms with E-state index in [2.05, 4.69) is 15.9 Å². The summed E-state index contributed by atoms with van der Waals surface area (Å²) < 4.78 is 6.52. The average Bonchev–Trinajstić information content (AvgIpc) is 2.41. The fraction of sp³-hybridized carbons (Fsp3) is 0.200. The third-order valence-corrected chi connectivity index (χ3v) is 3.39. The molecule has 0 unspecified atom stereocenters. The van der Waals surface area contributed by atoms with E-state index < -0.39 is 6.10 Å². The van der Waals surface area contributed by atoms with Gasteiger partial charge in [-0.15, -0.1) is 0 Å². The van der Waals surface area contributed by atoms with E-state index in [9.17, 15) is 5.11 Å². The Morgan fingerprint density at radius 1 is 1.16 bits per heavy atom. The first-order chi connectivity index (χ1) is 9.10. The highest BCUT2D eigenvalue weighted by atomic mass is 79.9. The summed E-state index contributed by atoms with van der Waals surface area (Å²) in [5.74, 6) is 1.38. The topological polar surface area (TPSA) is 49.7 Å². The van der Waals surface area contributed by atoms with Crippen LogP contribution in [0.4, 0.5) is 0 Å². The van der Waals surface area contributed by atoms with Gasteiger partial charge in [0.2, 0.25) is 0 Å². The quantitative estimate of drug-likeness (QED) is 0.900. The summed E-state index contributed by atoms with van der Waals surface area (Å²) in [6.45, 7) is 1.74. The van der Waals surface area contributed by atoms with Crippen LogP contribution in [0.25, 0.3) is 0 Å². The number of benzene rings is 2. The van der Waals surface area contributed by atoms with Crippen molar-refractivity contribution in [3.05, 3.63) is 58.1 Å². The first kappa shape index (κ1) is 14.1. The van der Waals surface area contributed by atoms with Crippen molar-refractivity contribution in [1.29, 1.82) is 0 Å². The molecule has 0 saturated carbocycles. The first-order valence-corrected chi connectivity index (χ1v) is 6.74. The van der Waals surface area contributed by atoms with E-state index in [1.165, 1.54) is 0 Å². The molecule has 0 bridgehead atoms. The van der Waals surface area contributed by atoms with Crippen molar-refractivity contribution in [2.75, 3.05) is 0 Å². The van der Waals surface area contributed by atoms with Crippen LogP contribution in [0.3, 0.4) is 0 Å². The van der Waals surface area contributed by atoms with Crippen molar-refractivity contribution in [1.82, 2.24) is 0 Å². The molecule has 2 rings (SSSR count). The van der Waals surface area contributed by atoms with E-state index in [0.717, 1.165) is 15.6 Å². The normalized spacial score (nSPS) is 12.2. The lowest BCUT2D eigenvalue weighted by molar-refractivity contribution is 0.199. The van der Waals surface area contributed by atoms with Crippen molar-refractivity contribution >= 4 is 15.9 Å². The van der Waals surface area contributed by atoms with Crippen LogP contribution in [0.1, 0.15) is 24.2 Å². The van der Waals surface area contributed by atoms with Gasteiger partial charge in [-0.25, -0.2) is 0 Å². The van der Waals surface area contributed by atoms with E-state index in [-0.39, 0.29) is 6.61 Å². The summed E-state index contributed by atoms with van der Waals surface area (Å²) in [5, 5.41) is 18.5. The number of hydrogen-bond acceptors (Lipinski definition) is 3. The molecule has 2 N–H and O–H groups in total. The minimum atomic E-state index is -0.505. The summed E-state index contributed by atoms with van der Waals surface area (Å²) in [5.41, 5.74) is 1.67. The maximum atomic E-state index is 9.50. The smallest absolute Gasteiger partial charge is 0.141 e. The monoisotopic (exact) mass is 322 g/mol. The molecule has 0 radical (unpaired) electrons. The van der Waals surface area contributed by atoms with E-state index in [1.54, 1.807) is 19.1 Å². The van der Waals surface area contributed by atoms with Crippen molar-refractivity contribution in [3.8, 4) is 11.5 Å². The zero-order chi connectivity index (χ0) is 13.8. The Morgan fingerprint density at radius 3 is 2.37 bits per heavy atom. The number of rotatable bonds is 4. The maximum absolute atomic E-state index is 9.50. The molecule has 0 saturated heterocycles. The summed E-state index contributed by atoms with van der Waals surface area (Å²) in [4.78, 5) is 0. The highest BCUT2D eigenvalue weighted by molar-refractivity contribution is 9.10. The second-order valence-corrected chi connectivity index (χ2v) is 5.12. The molecule has 4 heteroatoms. The number of halogens is 1. The number of hydrogen-bond donors (Lipinski definition) is 2. The maximum Gasteiger partial charge on any atom is 0.141 e. The third kappa shape index (κ3) is 3.56. The highest BCUT2D eigenvalue weighted by Gasteiger charge is 2.07. The molecule has 0 aliphatic rings. The highest BCUT2D eigenvalue weighted by Crippen LogP contribution is 2.32. The molecular weight excluding hydrogens is 308 g/mol. The Hall–Kier alpha value is -1.36. The molecule has 19 heavy (non-hydrogen) atoms. The summed E-state index contributed by atoms with van der Waals surface area (Å²) >= 11 is 3.42. The minimum absolute atomic E-state index is 0.0209. The largest absolute Gasteiger partial charge is 0.456 e. The van der Waals surface area contributed by atoms with Gasteiger partial charge < -0.3 is 14.9 Å². The van der Waals surface area contributed by atoms with Gasteiger partial charge in [0.1, 0.15) is 11.5 Å². The van der Waals surface area contributed by atoms with E-state index in [4.69, 9.17) is 9.84 Å². The Labute approximate surface area is 120 Å². The minimum Gasteiger partial charge on any atom is -0.456 e. The Balaban J connectivity index is 2.18. The molecule has 3 nitrogen and oxygen atoms in total. The van der Waals surface area contributed by atoms with Crippen molar-refractivity contribution in [3.63, 3.8) is 0 Å². The van der Waals surface area contributed by atoms with Crippen LogP contribution >= 0.6 is 15.9 Å². The van der Waals surface area contributed by atoms with Crippen molar-refractivity contribution in [2.45, 2.75) is 19.6 Å². The Bertz CT molecular complexity index is 550. The molecular formula is C15H15BrO3. The molecule has 0 fully saturated rings. The molecule has 0 amide bonds. The third-order valence-electron chi connectivity index (χ3n) is 2.77. The summed E-state index contributed by atoms with van der Waals surface area (Å²) in [6.07, 6.45) is -0.505. The van der Waals surface area contributed by atoms with E-state index >= 15 is 0 Å². The van der Waals surface area contributed by atoms with Crippen molar-refractivity contribution in [2.24, 2.45) is 0 Å². The SMILES string of the molecule is C[C@H](O)c1ccc(Oc2ccc(CO)cc2)c(Br)c1. The summed E-state index contributed by atoms with van der Waals surface area (Å²) in [7, 11) is 0. The fourth-order valence-corrected chi connectivity index (χ4v) is 2.13. The molecule has 2 aromatic rings. The standard InChI is InChI=1S/C15H15BrO3/c1-10(18)12-4-7-15(14(16)8-12)19-13-5-2-11(9-17)3-6-13/h2-8,10,17-18H,9H2,1H3/t10-/m0/s1. The molecule has 1 atom stereocenters. The van der Waals surface area contributed by atoms with Crippen molar-refractivity contribution < 1.29 is 14.9 Å². The van der Waals surface area contributed by atoms with Gasteiger partial charge in [-0.05, 0) is 58.2 Å². The summed E-state index contributed by atoms with van der Waals surface area (Å²) in [6, 6.07) is 12.7. The number of aliphatic hydroxyl groups is 2. The first-order valence-electron chi connectivity index (χ1n) is 5.95. The van der Waals surface area contributed by atoms with Gasteiger partial charge >= 0.3 is 0 Å². The van der Waals surface area contributed by atoms with Crippen LogP contribution in [0, 0.1) is 0 Å². The van der Waals surface area contributed by atoms with Gasteiger partial charge in [0, 0.05) is 0 Å².